The number of rotatable bonds is 5. The van der Waals surface area contributed by atoms with Crippen molar-refractivity contribution < 1.29 is 0 Å². The van der Waals surface area contributed by atoms with Gasteiger partial charge in [-0.2, -0.15) is 16.7 Å². The van der Waals surface area contributed by atoms with E-state index in [2.05, 4.69) is 33.8 Å². The predicted molar refractivity (Wildman–Crippen MR) is 84.1 cm³/mol. The molecule has 1 fully saturated rings. The van der Waals surface area contributed by atoms with Gasteiger partial charge in [0.1, 0.15) is 5.82 Å². The first-order chi connectivity index (χ1) is 9.19. The molecule has 19 heavy (non-hydrogen) atoms. The molecule has 1 aliphatic carbocycles. The molecule has 1 aromatic heterocycles. The lowest BCUT2D eigenvalue weighted by Crippen LogP contribution is -2.35. The minimum Gasteiger partial charge on any atom is -0.368 e. The number of thioether (sulfide) groups is 1. The molecule has 2 rings (SSSR count). The second kappa shape index (κ2) is 6.46. The van der Waals surface area contributed by atoms with E-state index in [1.165, 1.54) is 32.1 Å². The molecule has 0 bridgehead atoms. The lowest BCUT2D eigenvalue weighted by molar-refractivity contribution is 0.411. The van der Waals surface area contributed by atoms with Crippen LogP contribution in [0.2, 0.25) is 0 Å². The van der Waals surface area contributed by atoms with Crippen LogP contribution >= 0.6 is 11.8 Å². The zero-order valence-corrected chi connectivity index (χ0v) is 12.9. The van der Waals surface area contributed by atoms with E-state index in [1.807, 2.05) is 25.0 Å². The van der Waals surface area contributed by atoms with Crippen LogP contribution in [0.4, 0.5) is 11.8 Å². The monoisotopic (exact) mass is 280 g/mol. The molecule has 1 saturated carbocycles. The Kier molecular flexibility index (Phi) is 4.91. The molecule has 4 nitrogen and oxygen atoms in total. The highest BCUT2D eigenvalue weighted by Crippen LogP contribution is 2.38. The Balaban J connectivity index is 2.04. The molecule has 0 saturated heterocycles. The summed E-state index contributed by atoms with van der Waals surface area (Å²) in [6.07, 6.45) is 10.8. The molecule has 0 unspecified atom stereocenters. The van der Waals surface area contributed by atoms with Crippen LogP contribution in [0.3, 0.4) is 0 Å². The van der Waals surface area contributed by atoms with E-state index in [9.17, 15) is 0 Å². The summed E-state index contributed by atoms with van der Waals surface area (Å²) in [4.78, 5) is 8.72. The van der Waals surface area contributed by atoms with Gasteiger partial charge < -0.3 is 10.6 Å². The van der Waals surface area contributed by atoms with E-state index in [-0.39, 0.29) is 0 Å². The van der Waals surface area contributed by atoms with Gasteiger partial charge >= 0.3 is 0 Å². The maximum Gasteiger partial charge on any atom is 0.224 e. The van der Waals surface area contributed by atoms with E-state index in [0.717, 1.165) is 17.9 Å². The number of hydrogen-bond acceptors (Lipinski definition) is 5. The van der Waals surface area contributed by atoms with Crippen molar-refractivity contribution in [3.63, 3.8) is 0 Å². The first kappa shape index (κ1) is 14.4. The first-order valence-corrected chi connectivity index (χ1v) is 8.22. The van der Waals surface area contributed by atoms with Gasteiger partial charge in [0.25, 0.3) is 0 Å². The summed E-state index contributed by atoms with van der Waals surface area (Å²) in [5.74, 6) is 1.63. The van der Waals surface area contributed by atoms with Crippen LogP contribution in [0.15, 0.2) is 6.20 Å². The number of nitrogens with one attached hydrogen (secondary N) is 2. The van der Waals surface area contributed by atoms with E-state index in [1.54, 1.807) is 0 Å². The highest BCUT2D eigenvalue weighted by molar-refractivity contribution is 8.00. The standard InChI is InChI=1S/C14H24N4S/c1-11-9-16-13(15-2)18-12(11)17-10-14(19-3)7-5-4-6-8-14/h9H,4-8,10H2,1-3H3,(H2,15,16,17,18). The fraction of sp³-hybridized carbons (Fsp3) is 0.714. The van der Waals surface area contributed by atoms with Crippen molar-refractivity contribution in [2.75, 3.05) is 30.5 Å². The van der Waals surface area contributed by atoms with Crippen molar-refractivity contribution >= 4 is 23.5 Å². The molecule has 0 atom stereocenters. The molecule has 0 aromatic carbocycles. The van der Waals surface area contributed by atoms with Crippen LogP contribution in [0.1, 0.15) is 37.7 Å². The van der Waals surface area contributed by atoms with Gasteiger partial charge in [-0.25, -0.2) is 4.98 Å². The second-order valence-electron chi connectivity index (χ2n) is 5.28. The fourth-order valence-corrected chi connectivity index (χ4v) is 3.55. The van der Waals surface area contributed by atoms with Gasteiger partial charge in [-0.3, -0.25) is 0 Å². The zero-order chi connectivity index (χ0) is 13.7. The van der Waals surface area contributed by atoms with Gasteiger partial charge in [0.2, 0.25) is 5.95 Å². The molecule has 1 aliphatic rings. The van der Waals surface area contributed by atoms with Crippen LogP contribution in [0, 0.1) is 6.92 Å². The van der Waals surface area contributed by atoms with E-state index >= 15 is 0 Å². The molecule has 0 radical (unpaired) electrons. The molecule has 0 aliphatic heterocycles. The van der Waals surface area contributed by atoms with E-state index < -0.39 is 0 Å². The lowest BCUT2D eigenvalue weighted by atomic mass is 9.88. The summed E-state index contributed by atoms with van der Waals surface area (Å²) < 4.78 is 0.384. The summed E-state index contributed by atoms with van der Waals surface area (Å²) in [5, 5.41) is 6.53. The molecule has 1 heterocycles. The molecule has 5 heteroatoms. The minimum atomic E-state index is 0.384. The number of nitrogens with zero attached hydrogens (tertiary/aromatic N) is 2. The minimum absolute atomic E-state index is 0.384. The fourth-order valence-electron chi connectivity index (χ4n) is 2.64. The van der Waals surface area contributed by atoms with Crippen molar-refractivity contribution in [1.29, 1.82) is 0 Å². The van der Waals surface area contributed by atoms with Gasteiger partial charge in [0, 0.05) is 30.1 Å². The summed E-state index contributed by atoms with van der Waals surface area (Å²) >= 11 is 2.01. The zero-order valence-electron chi connectivity index (χ0n) is 12.1. The Hall–Kier alpha value is -0.970. The highest BCUT2D eigenvalue weighted by atomic mass is 32.2. The number of anilines is 2. The van der Waals surface area contributed by atoms with Crippen molar-refractivity contribution in [3.8, 4) is 0 Å². The van der Waals surface area contributed by atoms with E-state index in [4.69, 9.17) is 0 Å². The molecule has 1 aromatic rings. The molecular weight excluding hydrogens is 256 g/mol. The van der Waals surface area contributed by atoms with Gasteiger partial charge in [-0.15, -0.1) is 0 Å². The summed E-state index contributed by atoms with van der Waals surface area (Å²) in [5.41, 5.74) is 1.10. The Morgan fingerprint density at radius 1 is 1.32 bits per heavy atom. The molecule has 106 valence electrons. The summed E-state index contributed by atoms with van der Waals surface area (Å²) in [6, 6.07) is 0. The van der Waals surface area contributed by atoms with Crippen molar-refractivity contribution in [1.82, 2.24) is 9.97 Å². The van der Waals surface area contributed by atoms with Crippen LogP contribution in [-0.2, 0) is 0 Å². The van der Waals surface area contributed by atoms with Crippen molar-refractivity contribution in [2.45, 2.75) is 43.8 Å². The largest absolute Gasteiger partial charge is 0.368 e. The van der Waals surface area contributed by atoms with Crippen LogP contribution in [-0.4, -0.2) is 34.6 Å². The third-order valence-electron chi connectivity index (χ3n) is 3.97. The average Bonchev–Trinajstić information content (AvgIpc) is 2.47. The maximum atomic E-state index is 4.50. The smallest absolute Gasteiger partial charge is 0.224 e. The predicted octanol–water partition coefficient (Wildman–Crippen LogP) is 3.30. The van der Waals surface area contributed by atoms with Gasteiger partial charge in [0.15, 0.2) is 0 Å². The maximum absolute atomic E-state index is 4.50. The molecule has 0 amide bonds. The SMILES string of the molecule is CNc1ncc(C)c(NCC2(SC)CCCCC2)n1. The Labute approximate surface area is 120 Å². The van der Waals surface area contributed by atoms with Gasteiger partial charge in [-0.1, -0.05) is 19.3 Å². The Bertz CT molecular complexity index is 416. The second-order valence-corrected chi connectivity index (χ2v) is 6.55. The third kappa shape index (κ3) is 3.53. The van der Waals surface area contributed by atoms with Crippen molar-refractivity contribution in [3.05, 3.63) is 11.8 Å². The highest BCUT2D eigenvalue weighted by Gasteiger charge is 2.31. The quantitative estimate of drug-likeness (QED) is 0.866. The number of aromatic nitrogens is 2. The molecule has 0 spiro atoms. The summed E-state index contributed by atoms with van der Waals surface area (Å²) in [7, 11) is 1.85. The lowest BCUT2D eigenvalue weighted by Gasteiger charge is -2.36. The number of hydrogen-bond donors (Lipinski definition) is 2. The van der Waals surface area contributed by atoms with Crippen LogP contribution in [0.25, 0.3) is 0 Å². The van der Waals surface area contributed by atoms with Crippen molar-refractivity contribution in [2.24, 2.45) is 0 Å². The summed E-state index contributed by atoms with van der Waals surface area (Å²) in [6.45, 7) is 3.05. The van der Waals surface area contributed by atoms with Crippen LogP contribution < -0.4 is 10.6 Å². The first-order valence-electron chi connectivity index (χ1n) is 6.99. The Morgan fingerprint density at radius 2 is 2.05 bits per heavy atom. The number of aryl methyl sites for hydroxylation is 1. The van der Waals surface area contributed by atoms with Gasteiger partial charge in [0.05, 0.1) is 0 Å². The Morgan fingerprint density at radius 3 is 2.68 bits per heavy atom. The van der Waals surface area contributed by atoms with Crippen LogP contribution in [0.5, 0.6) is 0 Å². The van der Waals surface area contributed by atoms with E-state index in [0.29, 0.717) is 10.7 Å². The average molecular weight is 280 g/mol. The van der Waals surface area contributed by atoms with Gasteiger partial charge in [-0.05, 0) is 26.0 Å². The third-order valence-corrected chi connectivity index (χ3v) is 5.39. The molecule has 2 N–H and O–H groups in total. The normalized spacial score (nSPS) is 18.1. The molecular formula is C14H24N4S. The topological polar surface area (TPSA) is 49.8 Å².